The van der Waals surface area contributed by atoms with Crippen molar-refractivity contribution in [3.05, 3.63) is 42.0 Å². The van der Waals surface area contributed by atoms with Crippen LogP contribution in [0.2, 0.25) is 0 Å². The van der Waals surface area contributed by atoms with E-state index in [-0.39, 0.29) is 24.0 Å². The van der Waals surface area contributed by atoms with E-state index in [1.807, 2.05) is 24.3 Å². The van der Waals surface area contributed by atoms with Gasteiger partial charge in [-0.15, -0.1) is 24.0 Å². The monoisotopic (exact) mass is 485 g/mol. The quantitative estimate of drug-likeness (QED) is 0.384. The van der Waals surface area contributed by atoms with E-state index >= 15 is 0 Å². The minimum Gasteiger partial charge on any atom is -0.493 e. The minimum atomic E-state index is 0. The van der Waals surface area contributed by atoms with E-state index in [9.17, 15) is 0 Å². The molecular weight excluding hydrogens is 461 g/mol. The standard InChI is InChI=1S/C19H23N3O4.HI/c1-23-15-7-5-14(11-17(15)24-2)22-19(20)21-12-13-4-6-16-18(10-13)26-9-3-8-25-16;/h4-7,10-11H,3,8-9,12H2,1-2H3,(H3,20,21,22);1H. The predicted molar refractivity (Wildman–Crippen MR) is 116 cm³/mol. The first-order chi connectivity index (χ1) is 12.7. The number of guanidine groups is 1. The summed E-state index contributed by atoms with van der Waals surface area (Å²) in [6, 6.07) is 11.3. The van der Waals surface area contributed by atoms with Crippen molar-refractivity contribution in [1.29, 1.82) is 0 Å². The van der Waals surface area contributed by atoms with Crippen LogP contribution in [0.3, 0.4) is 0 Å². The van der Waals surface area contributed by atoms with Crippen molar-refractivity contribution in [2.45, 2.75) is 13.0 Å². The van der Waals surface area contributed by atoms with Crippen LogP contribution in [-0.4, -0.2) is 33.4 Å². The van der Waals surface area contributed by atoms with Gasteiger partial charge in [-0.3, -0.25) is 0 Å². The number of rotatable bonds is 5. The molecule has 3 rings (SSSR count). The predicted octanol–water partition coefficient (Wildman–Crippen LogP) is 3.41. The van der Waals surface area contributed by atoms with Gasteiger partial charge in [0.1, 0.15) is 0 Å². The van der Waals surface area contributed by atoms with Crippen molar-refractivity contribution >= 4 is 35.6 Å². The third-order valence-electron chi connectivity index (χ3n) is 3.90. The lowest BCUT2D eigenvalue weighted by atomic mass is 10.2. The zero-order valence-corrected chi connectivity index (χ0v) is 17.7. The van der Waals surface area contributed by atoms with Gasteiger partial charge in [0.2, 0.25) is 0 Å². The summed E-state index contributed by atoms with van der Waals surface area (Å²) >= 11 is 0. The second-order valence-electron chi connectivity index (χ2n) is 5.73. The summed E-state index contributed by atoms with van der Waals surface area (Å²) in [6.07, 6.45) is 0.879. The van der Waals surface area contributed by atoms with Crippen LogP contribution in [0.25, 0.3) is 0 Å². The maximum Gasteiger partial charge on any atom is 0.193 e. The fraction of sp³-hybridized carbons (Fsp3) is 0.316. The topological polar surface area (TPSA) is 87.3 Å². The summed E-state index contributed by atoms with van der Waals surface area (Å²) < 4.78 is 21.8. The van der Waals surface area contributed by atoms with Gasteiger partial charge in [0.25, 0.3) is 0 Å². The first-order valence-corrected chi connectivity index (χ1v) is 8.37. The largest absolute Gasteiger partial charge is 0.493 e. The highest BCUT2D eigenvalue weighted by atomic mass is 127. The molecule has 0 bridgehead atoms. The van der Waals surface area contributed by atoms with Gasteiger partial charge in [0.15, 0.2) is 29.0 Å². The number of ether oxygens (including phenoxy) is 4. The molecule has 27 heavy (non-hydrogen) atoms. The minimum absolute atomic E-state index is 0. The van der Waals surface area contributed by atoms with Crippen molar-refractivity contribution in [3.8, 4) is 23.0 Å². The van der Waals surface area contributed by atoms with E-state index in [2.05, 4.69) is 10.3 Å². The Morgan fingerprint density at radius 2 is 1.78 bits per heavy atom. The summed E-state index contributed by atoms with van der Waals surface area (Å²) in [6.45, 7) is 1.76. The van der Waals surface area contributed by atoms with Gasteiger partial charge in [-0.05, 0) is 29.8 Å². The molecule has 0 spiro atoms. The van der Waals surface area contributed by atoms with Crippen molar-refractivity contribution in [1.82, 2.24) is 0 Å². The normalized spacial score (nSPS) is 13.2. The molecule has 1 heterocycles. The van der Waals surface area contributed by atoms with Crippen LogP contribution in [0.4, 0.5) is 5.69 Å². The van der Waals surface area contributed by atoms with Crippen LogP contribution in [0.15, 0.2) is 41.4 Å². The number of halogens is 1. The third kappa shape index (κ3) is 5.56. The molecule has 7 nitrogen and oxygen atoms in total. The van der Waals surface area contributed by atoms with E-state index in [1.54, 1.807) is 26.4 Å². The lowest BCUT2D eigenvalue weighted by Gasteiger charge is -2.11. The van der Waals surface area contributed by atoms with Gasteiger partial charge in [-0.2, -0.15) is 0 Å². The van der Waals surface area contributed by atoms with E-state index in [1.165, 1.54) is 0 Å². The number of hydrogen-bond acceptors (Lipinski definition) is 5. The fourth-order valence-corrected chi connectivity index (χ4v) is 2.58. The summed E-state index contributed by atoms with van der Waals surface area (Å²) in [5.74, 6) is 3.10. The smallest absolute Gasteiger partial charge is 0.193 e. The van der Waals surface area contributed by atoms with E-state index in [4.69, 9.17) is 24.7 Å². The Balaban J connectivity index is 0.00000261. The van der Waals surface area contributed by atoms with Crippen molar-refractivity contribution in [3.63, 3.8) is 0 Å². The average molecular weight is 485 g/mol. The fourth-order valence-electron chi connectivity index (χ4n) is 2.58. The molecule has 0 saturated heterocycles. The Kier molecular flexibility index (Phi) is 7.83. The Morgan fingerprint density at radius 3 is 2.52 bits per heavy atom. The number of fused-ring (bicyclic) bond motifs is 1. The number of nitrogens with zero attached hydrogens (tertiary/aromatic N) is 1. The molecule has 1 aliphatic heterocycles. The Bertz CT molecular complexity index is 799. The second kappa shape index (κ2) is 10.1. The number of anilines is 1. The number of nitrogens with one attached hydrogen (secondary N) is 1. The highest BCUT2D eigenvalue weighted by molar-refractivity contribution is 14.0. The number of methoxy groups -OCH3 is 2. The molecule has 0 unspecified atom stereocenters. The van der Waals surface area contributed by atoms with Crippen LogP contribution in [0.1, 0.15) is 12.0 Å². The number of aliphatic imine (C=N–C) groups is 1. The summed E-state index contributed by atoms with van der Waals surface area (Å²) in [7, 11) is 3.18. The molecule has 0 aromatic heterocycles. The maximum atomic E-state index is 5.99. The maximum absolute atomic E-state index is 5.99. The molecule has 2 aromatic rings. The van der Waals surface area contributed by atoms with Gasteiger partial charge < -0.3 is 30.0 Å². The van der Waals surface area contributed by atoms with Crippen LogP contribution >= 0.6 is 24.0 Å². The molecule has 2 aromatic carbocycles. The molecular formula is C19H24IN3O4. The molecule has 1 aliphatic rings. The molecule has 0 amide bonds. The van der Waals surface area contributed by atoms with Crippen LogP contribution in [0.5, 0.6) is 23.0 Å². The number of hydrogen-bond donors (Lipinski definition) is 2. The Hall–Kier alpha value is -2.36. The molecule has 146 valence electrons. The molecule has 0 fully saturated rings. The van der Waals surface area contributed by atoms with Crippen LogP contribution in [-0.2, 0) is 6.54 Å². The molecule has 3 N–H and O–H groups in total. The first-order valence-electron chi connectivity index (χ1n) is 8.37. The molecule has 0 atom stereocenters. The third-order valence-corrected chi connectivity index (χ3v) is 3.90. The van der Waals surface area contributed by atoms with Crippen LogP contribution < -0.4 is 30.0 Å². The summed E-state index contributed by atoms with van der Waals surface area (Å²) in [5, 5.41) is 3.05. The Labute approximate surface area is 175 Å². The summed E-state index contributed by atoms with van der Waals surface area (Å²) in [5.41, 5.74) is 7.75. The zero-order chi connectivity index (χ0) is 18.4. The van der Waals surface area contributed by atoms with Crippen LogP contribution in [0, 0.1) is 0 Å². The lowest BCUT2D eigenvalue weighted by Crippen LogP contribution is -2.22. The van der Waals surface area contributed by atoms with E-state index < -0.39 is 0 Å². The Morgan fingerprint density at radius 1 is 1.04 bits per heavy atom. The van der Waals surface area contributed by atoms with Gasteiger partial charge in [0.05, 0.1) is 34.0 Å². The molecule has 0 aliphatic carbocycles. The summed E-state index contributed by atoms with van der Waals surface area (Å²) in [4.78, 5) is 4.38. The van der Waals surface area contributed by atoms with Gasteiger partial charge in [-0.25, -0.2) is 4.99 Å². The average Bonchev–Trinajstić information content (AvgIpc) is 2.91. The van der Waals surface area contributed by atoms with Gasteiger partial charge >= 0.3 is 0 Å². The highest BCUT2D eigenvalue weighted by Gasteiger charge is 2.10. The number of nitrogens with two attached hydrogens (primary N) is 1. The SMILES string of the molecule is COc1ccc(NC(N)=NCc2ccc3c(c2)OCCCO3)cc1OC.I. The number of benzene rings is 2. The zero-order valence-electron chi connectivity index (χ0n) is 15.4. The molecule has 8 heteroatoms. The van der Waals surface area contributed by atoms with Crippen molar-refractivity contribution in [2.24, 2.45) is 10.7 Å². The molecule has 0 radical (unpaired) electrons. The van der Waals surface area contributed by atoms with E-state index in [0.717, 1.165) is 29.2 Å². The van der Waals surface area contributed by atoms with Gasteiger partial charge in [-0.1, -0.05) is 6.07 Å². The van der Waals surface area contributed by atoms with Crippen molar-refractivity contribution < 1.29 is 18.9 Å². The van der Waals surface area contributed by atoms with E-state index in [0.29, 0.717) is 37.2 Å². The van der Waals surface area contributed by atoms with Gasteiger partial charge in [0, 0.05) is 18.2 Å². The molecule has 0 saturated carbocycles. The highest BCUT2D eigenvalue weighted by Crippen LogP contribution is 2.31. The first kappa shape index (κ1) is 20.9. The second-order valence-corrected chi connectivity index (χ2v) is 5.73. The lowest BCUT2D eigenvalue weighted by molar-refractivity contribution is 0.297. The van der Waals surface area contributed by atoms with Crippen molar-refractivity contribution in [2.75, 3.05) is 32.8 Å².